The molecule has 0 spiro atoms. The number of ether oxygens (including phenoxy) is 1. The first-order valence-electron chi connectivity index (χ1n) is 6.90. The van der Waals surface area contributed by atoms with E-state index in [0.29, 0.717) is 11.6 Å². The van der Waals surface area contributed by atoms with Crippen molar-refractivity contribution in [2.45, 2.75) is 19.4 Å². The molecule has 1 N–H and O–H groups in total. The number of hydrogen-bond donors (Lipinski definition) is 1. The Hall–Kier alpha value is -0.970. The molecule has 0 aliphatic carbocycles. The van der Waals surface area contributed by atoms with Crippen LogP contribution in [0.15, 0.2) is 18.2 Å². The molecular formula is C15H22Cl2N2O2. The van der Waals surface area contributed by atoms with E-state index in [2.05, 4.69) is 5.32 Å². The highest BCUT2D eigenvalue weighted by atomic mass is 35.5. The Kier molecular flexibility index (Phi) is 7.29. The molecule has 21 heavy (non-hydrogen) atoms. The summed E-state index contributed by atoms with van der Waals surface area (Å²) in [5.41, 5.74) is 0.930. The maximum atomic E-state index is 12.4. The number of methoxy groups -OCH3 is 1. The minimum absolute atomic E-state index is 0. The maximum absolute atomic E-state index is 12.4. The largest absolute Gasteiger partial charge is 0.496 e. The second-order valence-corrected chi connectivity index (χ2v) is 5.63. The molecule has 0 radical (unpaired) electrons. The van der Waals surface area contributed by atoms with E-state index in [1.807, 2.05) is 19.2 Å². The fourth-order valence-electron chi connectivity index (χ4n) is 2.58. The lowest BCUT2D eigenvalue weighted by molar-refractivity contribution is -0.135. The predicted molar refractivity (Wildman–Crippen MR) is 87.3 cm³/mol. The molecule has 1 saturated heterocycles. The Morgan fingerprint density at radius 2 is 2.29 bits per heavy atom. The molecule has 118 valence electrons. The number of piperidine rings is 1. The number of carbonyl (C=O) groups is 1. The molecule has 1 unspecified atom stereocenters. The summed E-state index contributed by atoms with van der Waals surface area (Å²) in [5.74, 6) is 1.02. The van der Waals surface area contributed by atoms with E-state index in [1.165, 1.54) is 0 Å². The summed E-state index contributed by atoms with van der Waals surface area (Å²) in [6.07, 6.45) is 2.02. The predicted octanol–water partition coefficient (Wildman–Crippen LogP) is 2.73. The number of amides is 1. The molecule has 1 aliphatic rings. The molecule has 1 atom stereocenters. The highest BCUT2D eigenvalue weighted by molar-refractivity contribution is 6.30. The smallest absolute Gasteiger partial charge is 0.227 e. The van der Waals surface area contributed by atoms with Crippen molar-refractivity contribution in [3.05, 3.63) is 28.8 Å². The second kappa shape index (κ2) is 8.47. The summed E-state index contributed by atoms with van der Waals surface area (Å²) in [6, 6.07) is 5.47. The average Bonchev–Trinajstić information content (AvgIpc) is 2.47. The van der Waals surface area contributed by atoms with Crippen LogP contribution >= 0.6 is 24.0 Å². The minimum Gasteiger partial charge on any atom is -0.496 e. The van der Waals surface area contributed by atoms with Crippen LogP contribution in [0.3, 0.4) is 0 Å². The molecule has 4 nitrogen and oxygen atoms in total. The van der Waals surface area contributed by atoms with Crippen molar-refractivity contribution in [2.75, 3.05) is 27.2 Å². The summed E-state index contributed by atoms with van der Waals surface area (Å²) in [7, 11) is 3.46. The van der Waals surface area contributed by atoms with Crippen LogP contribution in [-0.2, 0) is 11.3 Å². The van der Waals surface area contributed by atoms with Crippen molar-refractivity contribution in [2.24, 2.45) is 5.92 Å². The Morgan fingerprint density at radius 1 is 1.52 bits per heavy atom. The first-order chi connectivity index (χ1) is 9.61. The first kappa shape index (κ1) is 18.1. The zero-order chi connectivity index (χ0) is 14.5. The van der Waals surface area contributed by atoms with E-state index >= 15 is 0 Å². The van der Waals surface area contributed by atoms with Gasteiger partial charge in [-0.3, -0.25) is 4.79 Å². The number of benzene rings is 1. The average molecular weight is 333 g/mol. The van der Waals surface area contributed by atoms with Gasteiger partial charge >= 0.3 is 0 Å². The number of rotatable bonds is 4. The van der Waals surface area contributed by atoms with Gasteiger partial charge in [0.1, 0.15) is 5.75 Å². The first-order valence-corrected chi connectivity index (χ1v) is 7.27. The molecule has 1 amide bonds. The molecule has 1 heterocycles. The number of hydrogen-bond acceptors (Lipinski definition) is 3. The molecule has 0 saturated carbocycles. The van der Waals surface area contributed by atoms with E-state index in [4.69, 9.17) is 16.3 Å². The Morgan fingerprint density at radius 3 is 2.90 bits per heavy atom. The quantitative estimate of drug-likeness (QED) is 0.921. The van der Waals surface area contributed by atoms with Crippen molar-refractivity contribution < 1.29 is 9.53 Å². The fraction of sp³-hybridized carbons (Fsp3) is 0.533. The van der Waals surface area contributed by atoms with Crippen LogP contribution in [-0.4, -0.2) is 38.1 Å². The normalized spacial score (nSPS) is 17.8. The lowest BCUT2D eigenvalue weighted by Gasteiger charge is -2.27. The van der Waals surface area contributed by atoms with Crippen LogP contribution in [0.25, 0.3) is 0 Å². The number of halogens is 2. The van der Waals surface area contributed by atoms with Gasteiger partial charge in [0.15, 0.2) is 0 Å². The van der Waals surface area contributed by atoms with Gasteiger partial charge in [0, 0.05) is 30.7 Å². The van der Waals surface area contributed by atoms with Crippen LogP contribution in [0, 0.1) is 5.92 Å². The standard InChI is InChI=1S/C15H21ClN2O2.ClH/c1-18(15(19)11-4-3-7-17-9-11)10-12-8-13(16)5-6-14(12)20-2;/h5-6,8,11,17H,3-4,7,9-10H2,1-2H3;1H. The second-order valence-electron chi connectivity index (χ2n) is 5.19. The summed E-state index contributed by atoms with van der Waals surface area (Å²) in [5, 5.41) is 3.93. The molecule has 6 heteroatoms. The molecule has 1 aromatic rings. The van der Waals surface area contributed by atoms with Crippen LogP contribution in [0.4, 0.5) is 0 Å². The molecule has 0 aromatic heterocycles. The van der Waals surface area contributed by atoms with Gasteiger partial charge in [-0.05, 0) is 37.6 Å². The highest BCUT2D eigenvalue weighted by Crippen LogP contribution is 2.24. The summed E-state index contributed by atoms with van der Waals surface area (Å²) in [4.78, 5) is 14.2. The zero-order valence-corrected chi connectivity index (χ0v) is 14.0. The Bertz CT molecular complexity index is 477. The molecule has 1 aliphatic heterocycles. The molecule has 2 rings (SSSR count). The van der Waals surface area contributed by atoms with Crippen molar-refractivity contribution in [3.63, 3.8) is 0 Å². The van der Waals surface area contributed by atoms with Crippen molar-refractivity contribution >= 4 is 29.9 Å². The third-order valence-corrected chi connectivity index (χ3v) is 3.91. The maximum Gasteiger partial charge on any atom is 0.227 e. The lowest BCUT2D eigenvalue weighted by Crippen LogP contribution is -2.41. The summed E-state index contributed by atoms with van der Waals surface area (Å²) < 4.78 is 5.32. The van der Waals surface area contributed by atoms with Crippen molar-refractivity contribution in [1.29, 1.82) is 0 Å². The van der Waals surface area contributed by atoms with E-state index in [0.717, 1.165) is 37.2 Å². The summed E-state index contributed by atoms with van der Waals surface area (Å²) in [6.45, 7) is 2.30. The number of nitrogens with zero attached hydrogens (tertiary/aromatic N) is 1. The SMILES string of the molecule is COc1ccc(Cl)cc1CN(C)C(=O)C1CCCNC1.Cl. The van der Waals surface area contributed by atoms with Gasteiger partial charge in [-0.2, -0.15) is 0 Å². The van der Waals surface area contributed by atoms with E-state index in [9.17, 15) is 4.79 Å². The minimum atomic E-state index is 0. The van der Waals surface area contributed by atoms with Crippen LogP contribution in [0.1, 0.15) is 18.4 Å². The fourth-order valence-corrected chi connectivity index (χ4v) is 2.77. The van der Waals surface area contributed by atoms with Crippen molar-refractivity contribution in [3.8, 4) is 5.75 Å². The van der Waals surface area contributed by atoms with Gasteiger partial charge in [0.05, 0.1) is 13.0 Å². The third kappa shape index (κ3) is 4.77. The van der Waals surface area contributed by atoms with E-state index < -0.39 is 0 Å². The number of nitrogens with one attached hydrogen (secondary N) is 1. The van der Waals surface area contributed by atoms with Gasteiger partial charge in [0.25, 0.3) is 0 Å². The van der Waals surface area contributed by atoms with Gasteiger partial charge in [-0.1, -0.05) is 11.6 Å². The summed E-state index contributed by atoms with van der Waals surface area (Å²) >= 11 is 6.02. The molecular weight excluding hydrogens is 311 g/mol. The Balaban J connectivity index is 0.00000220. The van der Waals surface area contributed by atoms with Gasteiger partial charge in [0.2, 0.25) is 5.91 Å². The molecule has 0 bridgehead atoms. The van der Waals surface area contributed by atoms with E-state index in [-0.39, 0.29) is 24.2 Å². The van der Waals surface area contributed by atoms with Crippen molar-refractivity contribution in [1.82, 2.24) is 10.2 Å². The third-order valence-electron chi connectivity index (χ3n) is 3.67. The Labute approximate surface area is 137 Å². The molecule has 1 aromatic carbocycles. The lowest BCUT2D eigenvalue weighted by atomic mass is 9.98. The van der Waals surface area contributed by atoms with Gasteiger partial charge in [-0.15, -0.1) is 12.4 Å². The van der Waals surface area contributed by atoms with Crippen LogP contribution < -0.4 is 10.1 Å². The van der Waals surface area contributed by atoms with Gasteiger partial charge in [-0.25, -0.2) is 0 Å². The number of carbonyl (C=O) groups excluding carboxylic acids is 1. The zero-order valence-electron chi connectivity index (χ0n) is 12.4. The highest BCUT2D eigenvalue weighted by Gasteiger charge is 2.24. The molecule has 1 fully saturated rings. The van der Waals surface area contributed by atoms with Crippen LogP contribution in [0.2, 0.25) is 5.02 Å². The van der Waals surface area contributed by atoms with Gasteiger partial charge < -0.3 is 15.0 Å². The van der Waals surface area contributed by atoms with E-state index in [1.54, 1.807) is 18.1 Å². The topological polar surface area (TPSA) is 41.6 Å². The monoisotopic (exact) mass is 332 g/mol. The van der Waals surface area contributed by atoms with Crippen LogP contribution in [0.5, 0.6) is 5.75 Å².